The smallest absolute Gasteiger partial charge is 0.227 e. The third kappa shape index (κ3) is 2.06. The fraction of sp³-hybridized carbons (Fsp3) is 0.118. The quantitative estimate of drug-likeness (QED) is 0.624. The first-order chi connectivity index (χ1) is 9.29. The fourth-order valence-electron chi connectivity index (χ4n) is 2.16. The maximum Gasteiger partial charge on any atom is 0.227 e. The van der Waals surface area contributed by atoms with Crippen molar-refractivity contribution in [3.63, 3.8) is 0 Å². The highest BCUT2D eigenvalue weighted by atomic mass is 16.3. The number of nitrogens with zero attached hydrogens (tertiary/aromatic N) is 1. The number of benzene rings is 2. The molecule has 0 N–H and O–H groups in total. The van der Waals surface area contributed by atoms with E-state index in [1.54, 1.807) is 0 Å². The Morgan fingerprint density at radius 1 is 1.11 bits per heavy atom. The van der Waals surface area contributed by atoms with Crippen molar-refractivity contribution < 1.29 is 4.42 Å². The minimum Gasteiger partial charge on any atom is -0.436 e. The lowest BCUT2D eigenvalue weighted by Crippen LogP contribution is -1.88. The molecule has 3 aromatic rings. The fourth-order valence-corrected chi connectivity index (χ4v) is 2.16. The Hall–Kier alpha value is -2.35. The summed E-state index contributed by atoms with van der Waals surface area (Å²) in [6.45, 7) is 5.95. The van der Waals surface area contributed by atoms with Gasteiger partial charge in [0.1, 0.15) is 5.52 Å². The zero-order chi connectivity index (χ0) is 13.2. The Labute approximate surface area is 112 Å². The molecule has 0 bridgehead atoms. The molecular formula is C17H15NO. The first kappa shape index (κ1) is 11.7. The van der Waals surface area contributed by atoms with Gasteiger partial charge in [-0.2, -0.15) is 0 Å². The van der Waals surface area contributed by atoms with E-state index in [-0.39, 0.29) is 5.92 Å². The second kappa shape index (κ2) is 4.73. The van der Waals surface area contributed by atoms with Gasteiger partial charge in [-0.05, 0) is 18.2 Å². The van der Waals surface area contributed by atoms with Gasteiger partial charge in [-0.1, -0.05) is 43.3 Å². The van der Waals surface area contributed by atoms with Crippen molar-refractivity contribution in [3.8, 4) is 11.5 Å². The molecule has 0 spiro atoms. The van der Waals surface area contributed by atoms with Crippen LogP contribution in [-0.2, 0) is 0 Å². The molecule has 94 valence electrons. The van der Waals surface area contributed by atoms with Gasteiger partial charge in [0.2, 0.25) is 5.89 Å². The van der Waals surface area contributed by atoms with Crippen LogP contribution in [0.1, 0.15) is 18.4 Å². The minimum absolute atomic E-state index is 0.250. The highest BCUT2D eigenvalue weighted by Gasteiger charge is 2.13. The molecular weight excluding hydrogens is 234 g/mol. The largest absolute Gasteiger partial charge is 0.436 e. The molecule has 1 atom stereocenters. The molecule has 0 amide bonds. The number of fused-ring (bicyclic) bond motifs is 1. The molecule has 1 aromatic heterocycles. The summed E-state index contributed by atoms with van der Waals surface area (Å²) in [5, 5.41) is 0. The zero-order valence-electron chi connectivity index (χ0n) is 10.8. The number of rotatable bonds is 3. The van der Waals surface area contributed by atoms with Gasteiger partial charge >= 0.3 is 0 Å². The highest BCUT2D eigenvalue weighted by Crippen LogP contribution is 2.30. The van der Waals surface area contributed by atoms with E-state index in [1.807, 2.05) is 48.5 Å². The summed E-state index contributed by atoms with van der Waals surface area (Å²) in [7, 11) is 0. The molecule has 2 aromatic carbocycles. The zero-order valence-corrected chi connectivity index (χ0v) is 10.8. The van der Waals surface area contributed by atoms with Crippen LogP contribution < -0.4 is 0 Å². The van der Waals surface area contributed by atoms with E-state index in [0.717, 1.165) is 22.2 Å². The molecule has 19 heavy (non-hydrogen) atoms. The van der Waals surface area contributed by atoms with Crippen molar-refractivity contribution in [1.29, 1.82) is 0 Å². The molecule has 0 aliphatic heterocycles. The van der Waals surface area contributed by atoms with Crippen LogP contribution in [0.25, 0.3) is 22.6 Å². The molecule has 2 nitrogen and oxygen atoms in total. The van der Waals surface area contributed by atoms with Gasteiger partial charge in [-0.3, -0.25) is 0 Å². The predicted molar refractivity (Wildman–Crippen MR) is 78.1 cm³/mol. The summed E-state index contributed by atoms with van der Waals surface area (Å²) in [6.07, 6.45) is 1.92. The van der Waals surface area contributed by atoms with Gasteiger partial charge in [0.15, 0.2) is 5.58 Å². The number of hydrogen-bond acceptors (Lipinski definition) is 2. The van der Waals surface area contributed by atoms with E-state index in [4.69, 9.17) is 4.42 Å². The molecule has 0 aliphatic carbocycles. The minimum atomic E-state index is 0.250. The van der Waals surface area contributed by atoms with Crippen molar-refractivity contribution in [2.45, 2.75) is 12.8 Å². The maximum atomic E-state index is 5.95. The number of aromatic nitrogens is 1. The molecule has 3 rings (SSSR count). The van der Waals surface area contributed by atoms with Crippen LogP contribution in [0, 0.1) is 0 Å². The molecule has 1 unspecified atom stereocenters. The van der Waals surface area contributed by atoms with Crippen LogP contribution in [0.4, 0.5) is 0 Å². The van der Waals surface area contributed by atoms with Crippen molar-refractivity contribution in [2.75, 3.05) is 0 Å². The van der Waals surface area contributed by atoms with Gasteiger partial charge < -0.3 is 4.42 Å². The van der Waals surface area contributed by atoms with Crippen LogP contribution in [0.5, 0.6) is 0 Å². The summed E-state index contributed by atoms with van der Waals surface area (Å²) in [5.41, 5.74) is 3.87. The first-order valence-corrected chi connectivity index (χ1v) is 6.37. The van der Waals surface area contributed by atoms with E-state index >= 15 is 0 Å². The van der Waals surface area contributed by atoms with Gasteiger partial charge in [0.25, 0.3) is 0 Å². The average molecular weight is 249 g/mol. The highest BCUT2D eigenvalue weighted by molar-refractivity contribution is 5.80. The number of oxazole rings is 1. The lowest BCUT2D eigenvalue weighted by molar-refractivity contribution is 0.614. The van der Waals surface area contributed by atoms with E-state index in [0.29, 0.717) is 5.89 Å². The molecule has 0 fully saturated rings. The predicted octanol–water partition coefficient (Wildman–Crippen LogP) is 4.78. The molecule has 2 heteroatoms. The maximum absolute atomic E-state index is 5.95. The second-order valence-corrected chi connectivity index (χ2v) is 4.60. The molecule has 0 aliphatic rings. The topological polar surface area (TPSA) is 26.0 Å². The van der Waals surface area contributed by atoms with Crippen molar-refractivity contribution in [3.05, 3.63) is 66.7 Å². The van der Waals surface area contributed by atoms with E-state index in [2.05, 4.69) is 24.6 Å². The Balaban J connectivity index is 2.19. The third-order valence-corrected chi connectivity index (χ3v) is 3.31. The Kier molecular flexibility index (Phi) is 2.92. The summed E-state index contributed by atoms with van der Waals surface area (Å²) in [4.78, 5) is 4.56. The second-order valence-electron chi connectivity index (χ2n) is 4.60. The van der Waals surface area contributed by atoms with Crippen molar-refractivity contribution in [1.82, 2.24) is 4.98 Å². The summed E-state index contributed by atoms with van der Waals surface area (Å²) in [6, 6.07) is 16.0. The van der Waals surface area contributed by atoms with Gasteiger partial charge in [0.05, 0.1) is 0 Å². The van der Waals surface area contributed by atoms with Crippen LogP contribution in [0.3, 0.4) is 0 Å². The van der Waals surface area contributed by atoms with Crippen LogP contribution in [0.2, 0.25) is 0 Å². The lowest BCUT2D eigenvalue weighted by atomic mass is 10.0. The lowest BCUT2D eigenvalue weighted by Gasteiger charge is -2.05. The Morgan fingerprint density at radius 2 is 1.89 bits per heavy atom. The van der Waals surface area contributed by atoms with Crippen molar-refractivity contribution in [2.24, 2.45) is 0 Å². The van der Waals surface area contributed by atoms with E-state index in [9.17, 15) is 0 Å². The normalized spacial score (nSPS) is 12.5. The van der Waals surface area contributed by atoms with Crippen molar-refractivity contribution >= 4 is 11.1 Å². The van der Waals surface area contributed by atoms with E-state index in [1.165, 1.54) is 0 Å². The van der Waals surface area contributed by atoms with Gasteiger partial charge in [-0.25, -0.2) is 4.98 Å². The van der Waals surface area contributed by atoms with Gasteiger partial charge in [-0.15, -0.1) is 6.58 Å². The summed E-state index contributed by atoms with van der Waals surface area (Å²) in [5.74, 6) is 0.916. The molecule has 1 heterocycles. The first-order valence-electron chi connectivity index (χ1n) is 6.37. The Morgan fingerprint density at radius 3 is 2.63 bits per heavy atom. The summed E-state index contributed by atoms with van der Waals surface area (Å²) >= 11 is 0. The molecule has 0 radical (unpaired) electrons. The standard InChI is InChI=1S/C17H15NO/c1-3-12(2)14-10-7-11-15-16(14)19-17(18-15)13-8-5-4-6-9-13/h3-12H,1H2,2H3. The number of para-hydroxylation sites is 1. The average Bonchev–Trinajstić information content (AvgIpc) is 2.91. The Bertz CT molecular complexity index is 712. The summed E-state index contributed by atoms with van der Waals surface area (Å²) < 4.78 is 5.95. The van der Waals surface area contributed by atoms with Crippen LogP contribution >= 0.6 is 0 Å². The van der Waals surface area contributed by atoms with Crippen LogP contribution in [0.15, 0.2) is 65.6 Å². The monoisotopic (exact) mass is 249 g/mol. The third-order valence-electron chi connectivity index (χ3n) is 3.31. The SMILES string of the molecule is C=CC(C)c1cccc2nc(-c3ccccc3)oc12. The molecule has 0 saturated carbocycles. The van der Waals surface area contributed by atoms with Gasteiger partial charge in [0, 0.05) is 17.0 Å². The van der Waals surface area contributed by atoms with Crippen LogP contribution in [-0.4, -0.2) is 4.98 Å². The van der Waals surface area contributed by atoms with E-state index < -0.39 is 0 Å². The number of allylic oxidation sites excluding steroid dienone is 1. The number of hydrogen-bond donors (Lipinski definition) is 0. The molecule has 0 saturated heterocycles.